The molecule has 1 aromatic rings. The number of nitrogens with one attached hydrogen (secondary N) is 1. The first kappa shape index (κ1) is 8.64. The predicted octanol–water partition coefficient (Wildman–Crippen LogP) is 0.781. The van der Waals surface area contributed by atoms with Crippen LogP contribution < -0.4 is 5.32 Å². The van der Waals surface area contributed by atoms with Gasteiger partial charge in [-0.3, -0.25) is 9.78 Å². The minimum atomic E-state index is -0.545. The fraction of sp³-hybridized carbons (Fsp3) is 0.250. The van der Waals surface area contributed by atoms with E-state index >= 15 is 0 Å². The van der Waals surface area contributed by atoms with Crippen LogP contribution in [0.5, 0.6) is 0 Å². The summed E-state index contributed by atoms with van der Waals surface area (Å²) in [5.74, 6) is -0.268. The molecule has 0 unspecified atom stereocenters. The topological polar surface area (TPSA) is 42.0 Å². The van der Waals surface area contributed by atoms with Gasteiger partial charge in [0.1, 0.15) is 6.67 Å². The van der Waals surface area contributed by atoms with Gasteiger partial charge in [0.25, 0.3) is 5.91 Å². The van der Waals surface area contributed by atoms with Crippen molar-refractivity contribution >= 4 is 5.91 Å². The van der Waals surface area contributed by atoms with E-state index in [-0.39, 0.29) is 12.5 Å². The molecule has 0 aliphatic carbocycles. The van der Waals surface area contributed by atoms with Gasteiger partial charge in [0.15, 0.2) is 0 Å². The zero-order valence-electron chi connectivity index (χ0n) is 6.46. The molecule has 0 aliphatic rings. The highest BCUT2D eigenvalue weighted by Crippen LogP contribution is 1.94. The summed E-state index contributed by atoms with van der Waals surface area (Å²) in [5, 5.41) is 2.41. The standard InChI is InChI=1S/C8H9FN2O/c9-3-6-11-8(12)7-1-4-10-5-2-7/h1-2,4-5H,3,6H2,(H,11,12). The lowest BCUT2D eigenvalue weighted by molar-refractivity contribution is 0.0950. The molecule has 0 saturated carbocycles. The molecule has 1 N–H and O–H groups in total. The number of carbonyl (C=O) groups is 1. The second-order valence-electron chi connectivity index (χ2n) is 2.18. The first-order valence-corrected chi connectivity index (χ1v) is 3.59. The van der Waals surface area contributed by atoms with E-state index in [0.29, 0.717) is 5.56 Å². The predicted molar refractivity (Wildman–Crippen MR) is 42.5 cm³/mol. The Balaban J connectivity index is 2.54. The van der Waals surface area contributed by atoms with E-state index in [1.165, 1.54) is 12.4 Å². The molecule has 64 valence electrons. The lowest BCUT2D eigenvalue weighted by atomic mass is 10.2. The van der Waals surface area contributed by atoms with E-state index < -0.39 is 6.67 Å². The van der Waals surface area contributed by atoms with E-state index in [1.54, 1.807) is 12.1 Å². The molecule has 1 rings (SSSR count). The molecule has 4 heteroatoms. The van der Waals surface area contributed by atoms with Crippen LogP contribution in [0, 0.1) is 0 Å². The van der Waals surface area contributed by atoms with Crippen molar-refractivity contribution < 1.29 is 9.18 Å². The summed E-state index contributed by atoms with van der Waals surface area (Å²) in [5.41, 5.74) is 0.499. The Hall–Kier alpha value is -1.45. The van der Waals surface area contributed by atoms with Crippen LogP contribution in [0.15, 0.2) is 24.5 Å². The average molecular weight is 168 g/mol. The number of hydrogen-bond acceptors (Lipinski definition) is 2. The van der Waals surface area contributed by atoms with Gasteiger partial charge in [-0.1, -0.05) is 0 Å². The first-order chi connectivity index (χ1) is 5.84. The van der Waals surface area contributed by atoms with Crippen molar-refractivity contribution in [3.05, 3.63) is 30.1 Å². The first-order valence-electron chi connectivity index (χ1n) is 3.59. The van der Waals surface area contributed by atoms with E-state index in [0.717, 1.165) is 0 Å². The Morgan fingerprint density at radius 2 is 2.17 bits per heavy atom. The Bertz CT molecular complexity index is 250. The number of amides is 1. The van der Waals surface area contributed by atoms with Gasteiger partial charge in [0.05, 0.1) is 0 Å². The maximum Gasteiger partial charge on any atom is 0.251 e. The molecule has 0 spiro atoms. The van der Waals surface area contributed by atoms with Gasteiger partial charge in [0, 0.05) is 24.5 Å². The normalized spacial score (nSPS) is 9.42. The van der Waals surface area contributed by atoms with Crippen molar-refractivity contribution in [2.24, 2.45) is 0 Å². The number of alkyl halides is 1. The fourth-order valence-corrected chi connectivity index (χ4v) is 0.766. The van der Waals surface area contributed by atoms with Crippen molar-refractivity contribution in [2.45, 2.75) is 0 Å². The van der Waals surface area contributed by atoms with Crippen LogP contribution in [0.25, 0.3) is 0 Å². The minimum absolute atomic E-state index is 0.0567. The van der Waals surface area contributed by atoms with E-state index in [4.69, 9.17) is 0 Å². The summed E-state index contributed by atoms with van der Waals surface area (Å²) in [6, 6.07) is 3.15. The van der Waals surface area contributed by atoms with Crippen molar-refractivity contribution in [3.63, 3.8) is 0 Å². The monoisotopic (exact) mass is 168 g/mol. The van der Waals surface area contributed by atoms with Crippen molar-refractivity contribution in [3.8, 4) is 0 Å². The third-order valence-corrected chi connectivity index (χ3v) is 1.32. The van der Waals surface area contributed by atoms with Crippen LogP contribution in [-0.2, 0) is 0 Å². The quantitative estimate of drug-likeness (QED) is 0.724. The van der Waals surface area contributed by atoms with Gasteiger partial charge in [0.2, 0.25) is 0 Å². The molecule has 0 aromatic carbocycles. The van der Waals surface area contributed by atoms with Gasteiger partial charge < -0.3 is 5.32 Å². The van der Waals surface area contributed by atoms with E-state index in [2.05, 4.69) is 10.3 Å². The molecule has 3 nitrogen and oxygen atoms in total. The molecule has 0 bridgehead atoms. The Kier molecular flexibility index (Phi) is 3.19. The van der Waals surface area contributed by atoms with Crippen LogP contribution >= 0.6 is 0 Å². The summed E-state index contributed by atoms with van der Waals surface area (Å²) < 4.78 is 11.6. The highest BCUT2D eigenvalue weighted by molar-refractivity contribution is 5.93. The van der Waals surface area contributed by atoms with Gasteiger partial charge in [-0.15, -0.1) is 0 Å². The fourth-order valence-electron chi connectivity index (χ4n) is 0.766. The maximum absolute atomic E-state index is 11.6. The zero-order chi connectivity index (χ0) is 8.81. The summed E-state index contributed by atoms with van der Waals surface area (Å²) in [7, 11) is 0. The van der Waals surface area contributed by atoms with Crippen molar-refractivity contribution in [1.82, 2.24) is 10.3 Å². The number of carbonyl (C=O) groups excluding carboxylic acids is 1. The summed E-state index contributed by atoms with van der Waals surface area (Å²) in [4.78, 5) is 14.9. The molecular weight excluding hydrogens is 159 g/mol. The SMILES string of the molecule is O=C(NCCF)c1ccncc1. The number of nitrogens with zero attached hydrogens (tertiary/aromatic N) is 1. The van der Waals surface area contributed by atoms with Crippen LogP contribution in [0.4, 0.5) is 4.39 Å². The second-order valence-corrected chi connectivity index (χ2v) is 2.18. The van der Waals surface area contributed by atoms with Gasteiger partial charge >= 0.3 is 0 Å². The zero-order valence-corrected chi connectivity index (χ0v) is 6.46. The molecule has 1 aromatic heterocycles. The second kappa shape index (κ2) is 4.43. The van der Waals surface area contributed by atoms with Gasteiger partial charge in [-0.05, 0) is 12.1 Å². The number of hydrogen-bond donors (Lipinski definition) is 1. The highest BCUT2D eigenvalue weighted by Gasteiger charge is 2.01. The van der Waals surface area contributed by atoms with E-state index in [1.807, 2.05) is 0 Å². The van der Waals surface area contributed by atoms with Crippen LogP contribution in [0.2, 0.25) is 0 Å². The lowest BCUT2D eigenvalue weighted by Crippen LogP contribution is -2.25. The van der Waals surface area contributed by atoms with Gasteiger partial charge in [-0.25, -0.2) is 4.39 Å². The van der Waals surface area contributed by atoms with Crippen LogP contribution in [-0.4, -0.2) is 24.1 Å². The van der Waals surface area contributed by atoms with Crippen molar-refractivity contribution in [2.75, 3.05) is 13.2 Å². The largest absolute Gasteiger partial charge is 0.349 e. The molecular formula is C8H9FN2O. The smallest absolute Gasteiger partial charge is 0.251 e. The number of halogens is 1. The third-order valence-electron chi connectivity index (χ3n) is 1.32. The minimum Gasteiger partial charge on any atom is -0.349 e. The average Bonchev–Trinajstić information content (AvgIpc) is 2.15. The van der Waals surface area contributed by atoms with Gasteiger partial charge in [-0.2, -0.15) is 0 Å². The molecule has 0 saturated heterocycles. The molecule has 1 heterocycles. The highest BCUT2D eigenvalue weighted by atomic mass is 19.1. The molecule has 0 aliphatic heterocycles. The van der Waals surface area contributed by atoms with Crippen LogP contribution in [0.1, 0.15) is 10.4 Å². The van der Waals surface area contributed by atoms with Crippen LogP contribution in [0.3, 0.4) is 0 Å². The Morgan fingerprint density at radius 3 is 2.75 bits per heavy atom. The lowest BCUT2D eigenvalue weighted by Gasteiger charge is -2.00. The van der Waals surface area contributed by atoms with Crippen molar-refractivity contribution in [1.29, 1.82) is 0 Å². The summed E-state index contributed by atoms with van der Waals surface area (Å²) >= 11 is 0. The Labute approximate surface area is 69.6 Å². The summed E-state index contributed by atoms with van der Waals surface area (Å²) in [6.45, 7) is -0.488. The summed E-state index contributed by atoms with van der Waals surface area (Å²) in [6.07, 6.45) is 3.04. The maximum atomic E-state index is 11.6. The Morgan fingerprint density at radius 1 is 1.50 bits per heavy atom. The molecule has 1 amide bonds. The molecule has 12 heavy (non-hydrogen) atoms. The third kappa shape index (κ3) is 2.30. The van der Waals surface area contributed by atoms with E-state index in [9.17, 15) is 9.18 Å². The molecule has 0 radical (unpaired) electrons. The molecule has 0 fully saturated rings. The number of aromatic nitrogens is 1. The number of pyridine rings is 1. The number of rotatable bonds is 3. The molecule has 0 atom stereocenters.